The van der Waals surface area contributed by atoms with Crippen molar-refractivity contribution < 1.29 is 4.79 Å². The molecule has 1 atom stereocenters. The van der Waals surface area contributed by atoms with Crippen LogP contribution in [0.2, 0.25) is 0 Å². The van der Waals surface area contributed by atoms with Crippen molar-refractivity contribution in [3.8, 4) is 9.88 Å². The zero-order valence-corrected chi connectivity index (χ0v) is 15.3. The van der Waals surface area contributed by atoms with Crippen LogP contribution in [0.5, 0.6) is 0 Å². The van der Waals surface area contributed by atoms with Gasteiger partial charge in [-0.05, 0) is 54.0 Å². The summed E-state index contributed by atoms with van der Waals surface area (Å²) in [6, 6.07) is 10.1. The van der Waals surface area contributed by atoms with E-state index in [0.29, 0.717) is 6.42 Å². The third-order valence-corrected chi connectivity index (χ3v) is 6.37. The van der Waals surface area contributed by atoms with Crippen LogP contribution in [0, 0.1) is 0 Å². The van der Waals surface area contributed by atoms with Crippen molar-refractivity contribution in [3.63, 3.8) is 0 Å². The van der Waals surface area contributed by atoms with Crippen LogP contribution in [0.15, 0.2) is 41.1 Å². The zero-order chi connectivity index (χ0) is 17.2. The number of aromatic nitrogens is 1. The number of amides is 1. The number of nitrogens with one attached hydrogen (secondary N) is 1. The molecule has 1 aliphatic rings. The van der Waals surface area contributed by atoms with Crippen LogP contribution < -0.4 is 11.1 Å². The summed E-state index contributed by atoms with van der Waals surface area (Å²) in [5.41, 5.74) is 9.95. The van der Waals surface area contributed by atoms with E-state index in [2.05, 4.69) is 16.4 Å². The summed E-state index contributed by atoms with van der Waals surface area (Å²) in [5, 5.41) is 8.17. The van der Waals surface area contributed by atoms with Crippen molar-refractivity contribution in [1.29, 1.82) is 0 Å². The van der Waals surface area contributed by atoms with Crippen LogP contribution in [0.25, 0.3) is 9.88 Å². The number of thiophene rings is 1. The summed E-state index contributed by atoms with van der Waals surface area (Å²) in [6.07, 6.45) is 3.40. The van der Waals surface area contributed by atoms with E-state index in [-0.39, 0.29) is 11.9 Å². The van der Waals surface area contributed by atoms with Gasteiger partial charge in [-0.25, -0.2) is 4.98 Å². The highest BCUT2D eigenvalue weighted by molar-refractivity contribution is 7.20. The van der Waals surface area contributed by atoms with Gasteiger partial charge in [-0.15, -0.1) is 22.7 Å². The lowest BCUT2D eigenvalue weighted by Crippen LogP contribution is -2.32. The fourth-order valence-corrected chi connectivity index (χ4v) is 4.93. The fraction of sp³-hybridized carbons (Fsp3) is 0.263. The molecule has 0 fully saturated rings. The first kappa shape index (κ1) is 16.3. The number of nitrogens with zero attached hydrogens (tertiary/aromatic N) is 1. The number of rotatable bonds is 4. The molecule has 1 amide bonds. The number of aryl methyl sites for hydroxylation is 1. The Kier molecular flexibility index (Phi) is 4.55. The maximum absolute atomic E-state index is 12.5. The molecule has 0 radical (unpaired) electrons. The van der Waals surface area contributed by atoms with E-state index in [1.54, 1.807) is 22.7 Å². The van der Waals surface area contributed by atoms with Crippen LogP contribution in [-0.4, -0.2) is 10.9 Å². The predicted molar refractivity (Wildman–Crippen MR) is 104 cm³/mol. The Morgan fingerprint density at radius 1 is 1.32 bits per heavy atom. The van der Waals surface area contributed by atoms with Crippen LogP contribution in [0.1, 0.15) is 35.7 Å². The molecule has 3 aromatic rings. The van der Waals surface area contributed by atoms with E-state index in [9.17, 15) is 4.79 Å². The molecule has 128 valence electrons. The minimum atomic E-state index is 0.0257. The summed E-state index contributed by atoms with van der Waals surface area (Å²) in [5.74, 6) is 0.0257. The van der Waals surface area contributed by atoms with Crippen molar-refractivity contribution >= 4 is 34.3 Å². The Hall–Kier alpha value is -2.18. The van der Waals surface area contributed by atoms with Crippen LogP contribution in [0.3, 0.4) is 0 Å². The lowest BCUT2D eigenvalue weighted by molar-refractivity contribution is -0.121. The summed E-state index contributed by atoms with van der Waals surface area (Å²) in [7, 11) is 0. The molecule has 0 aliphatic heterocycles. The highest BCUT2D eigenvalue weighted by Gasteiger charge is 2.22. The van der Waals surface area contributed by atoms with Crippen molar-refractivity contribution in [2.24, 2.45) is 0 Å². The number of benzene rings is 1. The lowest BCUT2D eigenvalue weighted by Gasteiger charge is -2.26. The second-order valence-corrected chi connectivity index (χ2v) is 8.07. The number of carbonyl (C=O) groups is 1. The minimum Gasteiger partial charge on any atom is -0.399 e. The standard InChI is InChI=1S/C19H19N3OS2/c20-13-6-7-15-12(9-13)3-1-4-16(15)22-18(23)10-14-11-25-19(21-14)17-5-2-8-24-17/h2,5-9,11,16H,1,3-4,10,20H2,(H,22,23). The Labute approximate surface area is 154 Å². The van der Waals surface area contributed by atoms with Gasteiger partial charge >= 0.3 is 0 Å². The van der Waals surface area contributed by atoms with E-state index in [4.69, 9.17) is 5.73 Å². The van der Waals surface area contributed by atoms with E-state index in [1.165, 1.54) is 11.1 Å². The number of nitrogens with two attached hydrogens (primary N) is 1. The summed E-state index contributed by atoms with van der Waals surface area (Å²) in [4.78, 5) is 18.2. The number of hydrogen-bond acceptors (Lipinski definition) is 5. The molecule has 0 bridgehead atoms. The van der Waals surface area contributed by atoms with Gasteiger partial charge in [0.05, 0.1) is 23.0 Å². The maximum atomic E-state index is 12.5. The highest BCUT2D eigenvalue weighted by atomic mass is 32.1. The summed E-state index contributed by atoms with van der Waals surface area (Å²) in [6.45, 7) is 0. The second kappa shape index (κ2) is 6.98. The Bertz CT molecular complexity index is 886. The summed E-state index contributed by atoms with van der Waals surface area (Å²) >= 11 is 3.26. The number of anilines is 1. The average Bonchev–Trinajstić information content (AvgIpc) is 3.26. The number of fused-ring (bicyclic) bond motifs is 1. The number of nitrogen functional groups attached to an aromatic ring is 1. The SMILES string of the molecule is Nc1ccc2c(c1)CCCC2NC(=O)Cc1csc(-c2cccs2)n1. The average molecular weight is 370 g/mol. The van der Waals surface area contributed by atoms with E-state index < -0.39 is 0 Å². The van der Waals surface area contributed by atoms with Crippen LogP contribution in [0.4, 0.5) is 5.69 Å². The predicted octanol–water partition coefficient (Wildman–Crippen LogP) is 4.19. The molecule has 0 saturated heterocycles. The van der Waals surface area contributed by atoms with Crippen LogP contribution in [-0.2, 0) is 17.6 Å². The first-order valence-corrected chi connectivity index (χ1v) is 10.1. The molecule has 1 aliphatic carbocycles. The molecule has 6 heteroatoms. The first-order chi connectivity index (χ1) is 12.2. The van der Waals surface area contributed by atoms with Crippen LogP contribution >= 0.6 is 22.7 Å². The quantitative estimate of drug-likeness (QED) is 0.678. The molecule has 1 aromatic carbocycles. The van der Waals surface area contributed by atoms with Crippen molar-refractivity contribution in [1.82, 2.24) is 10.3 Å². The molecular formula is C19H19N3OS2. The van der Waals surface area contributed by atoms with Gasteiger partial charge in [0.15, 0.2) is 0 Å². The van der Waals surface area contributed by atoms with Gasteiger partial charge in [-0.1, -0.05) is 12.1 Å². The monoisotopic (exact) mass is 369 g/mol. The highest BCUT2D eigenvalue weighted by Crippen LogP contribution is 2.31. The van der Waals surface area contributed by atoms with E-state index in [0.717, 1.165) is 40.5 Å². The van der Waals surface area contributed by atoms with Gasteiger partial charge in [-0.2, -0.15) is 0 Å². The lowest BCUT2D eigenvalue weighted by atomic mass is 9.87. The molecule has 25 heavy (non-hydrogen) atoms. The van der Waals surface area contributed by atoms with E-state index >= 15 is 0 Å². The van der Waals surface area contributed by atoms with Gasteiger partial charge in [0.1, 0.15) is 5.01 Å². The zero-order valence-electron chi connectivity index (χ0n) is 13.7. The van der Waals surface area contributed by atoms with Gasteiger partial charge in [0, 0.05) is 11.1 Å². The molecular weight excluding hydrogens is 350 g/mol. The molecule has 2 heterocycles. The van der Waals surface area contributed by atoms with E-state index in [1.807, 2.05) is 35.0 Å². The summed E-state index contributed by atoms with van der Waals surface area (Å²) < 4.78 is 0. The number of carbonyl (C=O) groups excluding carboxylic acids is 1. The Balaban J connectivity index is 1.43. The van der Waals surface area contributed by atoms with Gasteiger partial charge < -0.3 is 11.1 Å². The normalized spacial score (nSPS) is 16.4. The molecule has 4 nitrogen and oxygen atoms in total. The van der Waals surface area contributed by atoms with Crippen molar-refractivity contribution in [2.75, 3.05) is 5.73 Å². The van der Waals surface area contributed by atoms with Crippen molar-refractivity contribution in [2.45, 2.75) is 31.7 Å². The van der Waals surface area contributed by atoms with Crippen molar-refractivity contribution in [3.05, 3.63) is 57.9 Å². The smallest absolute Gasteiger partial charge is 0.226 e. The molecule has 3 N–H and O–H groups in total. The molecule has 0 spiro atoms. The maximum Gasteiger partial charge on any atom is 0.226 e. The first-order valence-electron chi connectivity index (χ1n) is 8.35. The topological polar surface area (TPSA) is 68.0 Å². The Morgan fingerprint density at radius 2 is 2.24 bits per heavy atom. The minimum absolute atomic E-state index is 0.0257. The fourth-order valence-electron chi connectivity index (χ4n) is 3.30. The number of hydrogen-bond donors (Lipinski definition) is 2. The largest absolute Gasteiger partial charge is 0.399 e. The third kappa shape index (κ3) is 3.60. The third-order valence-electron chi connectivity index (χ3n) is 4.44. The van der Waals surface area contributed by atoms with Gasteiger partial charge in [0.25, 0.3) is 0 Å². The second-order valence-electron chi connectivity index (χ2n) is 6.27. The Morgan fingerprint density at radius 3 is 3.08 bits per heavy atom. The molecule has 2 aromatic heterocycles. The molecule has 0 saturated carbocycles. The number of thiazole rings is 1. The molecule has 1 unspecified atom stereocenters. The van der Waals surface area contributed by atoms with Gasteiger partial charge in [0.2, 0.25) is 5.91 Å². The van der Waals surface area contributed by atoms with Gasteiger partial charge in [-0.3, -0.25) is 4.79 Å². The molecule has 4 rings (SSSR count).